The molecular formula is C34H34N4O5S. The molecule has 0 fully saturated rings. The molecule has 4 aromatic carbocycles. The molecule has 10 heteroatoms. The van der Waals surface area contributed by atoms with Crippen LogP contribution in [-0.4, -0.2) is 64.4 Å². The van der Waals surface area contributed by atoms with Gasteiger partial charge in [-0.2, -0.15) is 0 Å². The van der Waals surface area contributed by atoms with Crippen molar-refractivity contribution in [3.8, 4) is 0 Å². The number of aliphatic imine (C=N–C) groups is 1. The monoisotopic (exact) mass is 610 g/mol. The van der Waals surface area contributed by atoms with Crippen LogP contribution in [0.15, 0.2) is 108 Å². The van der Waals surface area contributed by atoms with Crippen molar-refractivity contribution in [2.24, 2.45) is 4.99 Å². The normalized spacial score (nSPS) is 14.7. The van der Waals surface area contributed by atoms with Gasteiger partial charge in [-0.1, -0.05) is 66.7 Å². The zero-order chi connectivity index (χ0) is 31.3. The van der Waals surface area contributed by atoms with Gasteiger partial charge >= 0.3 is 5.97 Å². The van der Waals surface area contributed by atoms with Gasteiger partial charge in [-0.3, -0.25) is 14.1 Å². The number of likely N-dealkylation sites (N-methyl/N-ethyl adjacent to an activating group) is 1. The highest BCUT2D eigenvalue weighted by molar-refractivity contribution is 7.92. The summed E-state index contributed by atoms with van der Waals surface area (Å²) < 4.78 is 31.8. The number of hydrogen-bond acceptors (Lipinski definition) is 7. The highest BCUT2D eigenvalue weighted by Gasteiger charge is 2.36. The fourth-order valence-corrected chi connectivity index (χ4v) is 6.16. The second-order valence-corrected chi connectivity index (χ2v) is 12.6. The van der Waals surface area contributed by atoms with E-state index in [2.05, 4.69) is 10.2 Å². The summed E-state index contributed by atoms with van der Waals surface area (Å²) in [5, 5.41) is 2.88. The maximum absolute atomic E-state index is 13.3. The van der Waals surface area contributed by atoms with Crippen molar-refractivity contribution in [3.63, 3.8) is 0 Å². The third-order valence-electron chi connectivity index (χ3n) is 7.42. The summed E-state index contributed by atoms with van der Waals surface area (Å²) in [6.45, 7) is 1.52. The first kappa shape index (κ1) is 30.7. The lowest BCUT2D eigenvalue weighted by molar-refractivity contribution is -0.115. The van der Waals surface area contributed by atoms with Crippen LogP contribution in [-0.2, 0) is 26.1 Å². The molecule has 0 radical (unpaired) electrons. The lowest BCUT2D eigenvalue weighted by atomic mass is 9.90. The second kappa shape index (κ2) is 13.2. The van der Waals surface area contributed by atoms with Gasteiger partial charge in [0.1, 0.15) is 5.92 Å². The van der Waals surface area contributed by atoms with Crippen LogP contribution in [0.3, 0.4) is 0 Å². The molecule has 1 aliphatic rings. The number of hydrogen-bond donors (Lipinski definition) is 1. The first-order chi connectivity index (χ1) is 21.1. The van der Waals surface area contributed by atoms with Gasteiger partial charge in [-0.15, -0.1) is 0 Å². The van der Waals surface area contributed by atoms with Gasteiger partial charge in [0, 0.05) is 25.3 Å². The van der Waals surface area contributed by atoms with Gasteiger partial charge < -0.3 is 15.0 Å². The number of esters is 1. The molecule has 0 aromatic heterocycles. The summed E-state index contributed by atoms with van der Waals surface area (Å²) in [5.74, 6) is -1.47. The largest absolute Gasteiger partial charge is 0.465 e. The summed E-state index contributed by atoms with van der Waals surface area (Å²) in [6.07, 6.45) is 1.20. The van der Waals surface area contributed by atoms with E-state index in [1.807, 2.05) is 67.7 Å². The van der Waals surface area contributed by atoms with E-state index < -0.39 is 21.9 Å². The number of anilines is 2. The molecule has 0 saturated carbocycles. The average Bonchev–Trinajstić information content (AvgIpc) is 3.35. The smallest absolute Gasteiger partial charge is 0.337 e. The molecule has 5 rings (SSSR count). The van der Waals surface area contributed by atoms with E-state index >= 15 is 0 Å². The van der Waals surface area contributed by atoms with E-state index in [1.54, 1.807) is 42.5 Å². The molecule has 1 heterocycles. The van der Waals surface area contributed by atoms with Crippen LogP contribution in [0.2, 0.25) is 0 Å². The summed E-state index contributed by atoms with van der Waals surface area (Å²) >= 11 is 0. The summed E-state index contributed by atoms with van der Waals surface area (Å²) in [7, 11) is -0.276. The number of nitrogens with one attached hydrogen (secondary N) is 1. The molecule has 1 aliphatic heterocycles. The Morgan fingerprint density at radius 2 is 1.55 bits per heavy atom. The highest BCUT2D eigenvalue weighted by Crippen LogP contribution is 2.37. The Kier molecular flexibility index (Phi) is 9.22. The van der Waals surface area contributed by atoms with Crippen LogP contribution in [0.4, 0.5) is 17.1 Å². The quantitative estimate of drug-likeness (QED) is 0.184. The third kappa shape index (κ3) is 7.04. The van der Waals surface area contributed by atoms with Crippen LogP contribution < -0.4 is 9.62 Å². The molecule has 44 heavy (non-hydrogen) atoms. The summed E-state index contributed by atoms with van der Waals surface area (Å²) in [5.41, 5.74) is 5.11. The number of sulfonamides is 1. The number of ether oxygens (including phenoxy) is 1. The number of methoxy groups -OCH3 is 1. The van der Waals surface area contributed by atoms with Crippen LogP contribution >= 0.6 is 0 Å². The van der Waals surface area contributed by atoms with Crippen molar-refractivity contribution in [3.05, 3.63) is 125 Å². The van der Waals surface area contributed by atoms with Crippen molar-refractivity contribution in [1.29, 1.82) is 0 Å². The van der Waals surface area contributed by atoms with E-state index in [0.29, 0.717) is 47.0 Å². The van der Waals surface area contributed by atoms with E-state index in [-0.39, 0.29) is 12.5 Å². The zero-order valence-electron chi connectivity index (χ0n) is 24.8. The van der Waals surface area contributed by atoms with Crippen molar-refractivity contribution in [2.45, 2.75) is 12.5 Å². The maximum Gasteiger partial charge on any atom is 0.337 e. The number of benzene rings is 4. The van der Waals surface area contributed by atoms with Crippen LogP contribution in [0.1, 0.15) is 33.0 Å². The molecule has 0 spiro atoms. The first-order valence-corrected chi connectivity index (χ1v) is 16.0. The van der Waals surface area contributed by atoms with Gasteiger partial charge in [0.25, 0.3) is 0 Å². The van der Waals surface area contributed by atoms with E-state index in [4.69, 9.17) is 9.73 Å². The maximum atomic E-state index is 13.3. The van der Waals surface area contributed by atoms with E-state index in [1.165, 1.54) is 17.7 Å². The minimum Gasteiger partial charge on any atom is -0.465 e. The predicted octanol–water partition coefficient (Wildman–Crippen LogP) is 5.23. The van der Waals surface area contributed by atoms with Crippen molar-refractivity contribution in [1.82, 2.24) is 4.90 Å². The standard InChI is InChI=1S/C34H34N4O5S/c1-37(23-24-10-6-4-7-11-24)20-21-38(44(3,41)42)28-17-15-27(16-18-28)35-32(25-12-8-5-9-13-25)31-29-19-14-26(34(40)43-2)22-30(29)36-33(31)39/h4-19,22,31H,20-21,23H2,1-3H3,(H,36,39). The minimum absolute atomic E-state index is 0.260. The fourth-order valence-electron chi connectivity index (χ4n) is 5.24. The Labute approximate surface area is 257 Å². The molecule has 0 aliphatic carbocycles. The Hall–Kier alpha value is -4.80. The lowest BCUT2D eigenvalue weighted by Crippen LogP contribution is -2.36. The fraction of sp³-hybridized carbons (Fsp3) is 0.206. The number of carbonyl (C=O) groups is 2. The molecule has 1 atom stereocenters. The molecule has 1 N–H and O–H groups in total. The number of rotatable bonds is 11. The highest BCUT2D eigenvalue weighted by atomic mass is 32.2. The molecular weight excluding hydrogens is 576 g/mol. The van der Waals surface area contributed by atoms with Gasteiger partial charge in [-0.05, 0) is 60.1 Å². The minimum atomic E-state index is -3.55. The van der Waals surface area contributed by atoms with Crippen molar-refractivity contribution >= 4 is 44.7 Å². The Balaban J connectivity index is 1.42. The first-order valence-electron chi connectivity index (χ1n) is 14.1. The van der Waals surface area contributed by atoms with Crippen molar-refractivity contribution in [2.75, 3.05) is 43.1 Å². The number of fused-ring (bicyclic) bond motifs is 1. The Morgan fingerprint density at radius 1 is 0.886 bits per heavy atom. The topological polar surface area (TPSA) is 108 Å². The second-order valence-electron chi connectivity index (χ2n) is 10.7. The molecule has 1 amide bonds. The summed E-state index contributed by atoms with van der Waals surface area (Å²) in [4.78, 5) is 32.3. The molecule has 0 saturated heterocycles. The third-order valence-corrected chi connectivity index (χ3v) is 8.61. The number of amides is 1. The van der Waals surface area contributed by atoms with Gasteiger partial charge in [0.15, 0.2) is 0 Å². The molecule has 1 unspecified atom stereocenters. The van der Waals surface area contributed by atoms with Crippen LogP contribution in [0.25, 0.3) is 0 Å². The molecule has 4 aromatic rings. The van der Waals surface area contributed by atoms with E-state index in [9.17, 15) is 18.0 Å². The van der Waals surface area contributed by atoms with Gasteiger partial charge in [0.2, 0.25) is 15.9 Å². The number of carbonyl (C=O) groups excluding carboxylic acids is 2. The zero-order valence-corrected chi connectivity index (χ0v) is 25.6. The Morgan fingerprint density at radius 3 is 2.18 bits per heavy atom. The molecule has 0 bridgehead atoms. The lowest BCUT2D eigenvalue weighted by Gasteiger charge is -2.25. The van der Waals surface area contributed by atoms with E-state index in [0.717, 1.165) is 11.1 Å². The van der Waals surface area contributed by atoms with Crippen LogP contribution in [0.5, 0.6) is 0 Å². The molecule has 9 nitrogen and oxygen atoms in total. The SMILES string of the molecule is COC(=O)c1ccc2c(c1)NC(=O)C2C(=Nc1ccc(N(CCN(C)Cc2ccccc2)S(C)(=O)=O)cc1)c1ccccc1. The molecule has 226 valence electrons. The average molecular weight is 611 g/mol. The number of nitrogens with zero attached hydrogens (tertiary/aromatic N) is 3. The predicted molar refractivity (Wildman–Crippen MR) is 173 cm³/mol. The van der Waals surface area contributed by atoms with Crippen LogP contribution in [0, 0.1) is 0 Å². The van der Waals surface area contributed by atoms with Gasteiger partial charge in [0.05, 0.1) is 36.0 Å². The van der Waals surface area contributed by atoms with Gasteiger partial charge in [-0.25, -0.2) is 13.2 Å². The Bertz CT molecular complexity index is 1780. The summed E-state index contributed by atoms with van der Waals surface area (Å²) in [6, 6.07) is 31.4. The van der Waals surface area contributed by atoms with Crippen molar-refractivity contribution < 1.29 is 22.7 Å².